The summed E-state index contributed by atoms with van der Waals surface area (Å²) >= 11 is 0. The first-order valence-corrected chi connectivity index (χ1v) is 12.4. The van der Waals surface area contributed by atoms with Crippen LogP contribution in [0.2, 0.25) is 0 Å². The second-order valence-corrected chi connectivity index (χ2v) is 9.10. The zero-order chi connectivity index (χ0) is 21.0. The molecule has 2 unspecified atom stereocenters. The molecule has 2 aromatic carbocycles. The molecule has 2 atom stereocenters. The van der Waals surface area contributed by atoms with Crippen LogP contribution in [0.4, 0.5) is 0 Å². The maximum absolute atomic E-state index is 3.86. The SMILES string of the molecule is CCCCc1ccc(CNC2CCCCC2NCc2ccc(CCCC)cc2)cc1.Cl. The molecule has 0 heterocycles. The molecule has 2 aromatic rings. The molecule has 1 saturated carbocycles. The molecule has 0 amide bonds. The first-order valence-electron chi connectivity index (χ1n) is 12.4. The quantitative estimate of drug-likeness (QED) is 0.370. The average Bonchev–Trinajstić information content (AvgIpc) is 2.80. The van der Waals surface area contributed by atoms with Crippen molar-refractivity contribution < 1.29 is 0 Å². The van der Waals surface area contributed by atoms with Gasteiger partial charge in [-0.15, -0.1) is 12.4 Å². The molecule has 1 aliphatic rings. The minimum Gasteiger partial charge on any atom is -0.308 e. The lowest BCUT2D eigenvalue weighted by Crippen LogP contribution is -2.49. The lowest BCUT2D eigenvalue weighted by atomic mass is 9.90. The number of hydrogen-bond acceptors (Lipinski definition) is 2. The van der Waals surface area contributed by atoms with Gasteiger partial charge in [-0.25, -0.2) is 0 Å². The van der Waals surface area contributed by atoms with E-state index in [2.05, 4.69) is 73.0 Å². The van der Waals surface area contributed by atoms with Gasteiger partial charge in [0.1, 0.15) is 0 Å². The molecule has 1 aliphatic carbocycles. The smallest absolute Gasteiger partial charge is 0.0224 e. The molecule has 172 valence electrons. The third-order valence-corrected chi connectivity index (χ3v) is 6.59. The molecule has 31 heavy (non-hydrogen) atoms. The molecule has 1 fully saturated rings. The van der Waals surface area contributed by atoms with E-state index >= 15 is 0 Å². The Labute approximate surface area is 197 Å². The summed E-state index contributed by atoms with van der Waals surface area (Å²) in [4.78, 5) is 0. The molecular formula is C28H43ClN2. The van der Waals surface area contributed by atoms with Crippen molar-refractivity contribution in [3.8, 4) is 0 Å². The molecule has 2 nitrogen and oxygen atoms in total. The second kappa shape index (κ2) is 14.7. The highest BCUT2D eigenvalue weighted by Crippen LogP contribution is 2.20. The summed E-state index contributed by atoms with van der Waals surface area (Å²) in [5, 5.41) is 7.71. The topological polar surface area (TPSA) is 24.1 Å². The Bertz CT molecular complexity index is 647. The van der Waals surface area contributed by atoms with E-state index in [0.717, 1.165) is 13.1 Å². The van der Waals surface area contributed by atoms with Crippen LogP contribution in [0.3, 0.4) is 0 Å². The van der Waals surface area contributed by atoms with Crippen LogP contribution in [-0.2, 0) is 25.9 Å². The predicted molar refractivity (Wildman–Crippen MR) is 137 cm³/mol. The summed E-state index contributed by atoms with van der Waals surface area (Å²) in [7, 11) is 0. The summed E-state index contributed by atoms with van der Waals surface area (Å²) in [5.41, 5.74) is 5.75. The fourth-order valence-corrected chi connectivity index (χ4v) is 4.53. The van der Waals surface area contributed by atoms with Crippen molar-refractivity contribution in [2.24, 2.45) is 0 Å². The Balaban J connectivity index is 0.00000341. The van der Waals surface area contributed by atoms with Gasteiger partial charge in [0, 0.05) is 25.2 Å². The Morgan fingerprint density at radius 1 is 0.613 bits per heavy atom. The van der Waals surface area contributed by atoms with Crippen LogP contribution in [0.1, 0.15) is 87.5 Å². The Morgan fingerprint density at radius 2 is 0.968 bits per heavy atom. The number of hydrogen-bond donors (Lipinski definition) is 2. The highest BCUT2D eigenvalue weighted by Gasteiger charge is 2.24. The van der Waals surface area contributed by atoms with Gasteiger partial charge in [-0.05, 0) is 60.8 Å². The van der Waals surface area contributed by atoms with Gasteiger partial charge >= 0.3 is 0 Å². The van der Waals surface area contributed by atoms with Gasteiger partial charge in [-0.1, -0.05) is 88.1 Å². The van der Waals surface area contributed by atoms with E-state index in [1.165, 1.54) is 86.5 Å². The number of aryl methyl sites for hydroxylation is 2. The molecule has 3 rings (SSSR count). The summed E-state index contributed by atoms with van der Waals surface area (Å²) in [6, 6.07) is 19.6. The summed E-state index contributed by atoms with van der Waals surface area (Å²) < 4.78 is 0. The summed E-state index contributed by atoms with van der Waals surface area (Å²) in [5.74, 6) is 0. The van der Waals surface area contributed by atoms with Crippen molar-refractivity contribution in [2.45, 2.75) is 103 Å². The fourth-order valence-electron chi connectivity index (χ4n) is 4.53. The largest absolute Gasteiger partial charge is 0.308 e. The zero-order valence-corrected chi connectivity index (χ0v) is 20.5. The maximum atomic E-state index is 3.86. The maximum Gasteiger partial charge on any atom is 0.0224 e. The van der Waals surface area contributed by atoms with E-state index in [4.69, 9.17) is 0 Å². The molecule has 2 N–H and O–H groups in total. The molecule has 0 radical (unpaired) electrons. The average molecular weight is 443 g/mol. The Hall–Kier alpha value is -1.35. The number of unbranched alkanes of at least 4 members (excludes halogenated alkanes) is 2. The van der Waals surface area contributed by atoms with E-state index < -0.39 is 0 Å². The molecule has 0 spiro atoms. The number of halogens is 1. The van der Waals surface area contributed by atoms with Gasteiger partial charge in [0.2, 0.25) is 0 Å². The van der Waals surface area contributed by atoms with Gasteiger partial charge in [-0.3, -0.25) is 0 Å². The Kier molecular flexibility index (Phi) is 12.3. The molecule has 0 aliphatic heterocycles. The van der Waals surface area contributed by atoms with Crippen molar-refractivity contribution in [3.63, 3.8) is 0 Å². The minimum atomic E-state index is 0. The standard InChI is InChI=1S/C28H42N2.ClH/c1-3-5-9-23-13-17-25(18-14-23)21-29-27-11-7-8-12-28(27)30-22-26-19-15-24(16-20-26)10-6-4-2;/h13-20,27-30H,3-12,21-22H2,1-2H3;1H. The van der Waals surface area contributed by atoms with Crippen molar-refractivity contribution >= 4 is 12.4 Å². The van der Waals surface area contributed by atoms with E-state index in [1.807, 2.05) is 0 Å². The van der Waals surface area contributed by atoms with Gasteiger partial charge in [0.15, 0.2) is 0 Å². The van der Waals surface area contributed by atoms with Crippen molar-refractivity contribution in [2.75, 3.05) is 0 Å². The lowest BCUT2D eigenvalue weighted by Gasteiger charge is -2.33. The van der Waals surface area contributed by atoms with Crippen LogP contribution in [0.15, 0.2) is 48.5 Å². The summed E-state index contributed by atoms with van der Waals surface area (Å²) in [6.07, 6.45) is 12.8. The predicted octanol–water partition coefficient (Wildman–Crippen LogP) is 6.98. The number of nitrogens with one attached hydrogen (secondary N) is 2. The minimum absolute atomic E-state index is 0. The summed E-state index contributed by atoms with van der Waals surface area (Å²) in [6.45, 7) is 6.47. The van der Waals surface area contributed by atoms with Crippen molar-refractivity contribution in [1.29, 1.82) is 0 Å². The van der Waals surface area contributed by atoms with Gasteiger partial charge < -0.3 is 10.6 Å². The molecule has 0 aromatic heterocycles. The first kappa shape index (κ1) is 25.9. The molecular weight excluding hydrogens is 400 g/mol. The highest BCUT2D eigenvalue weighted by molar-refractivity contribution is 5.85. The normalized spacial score (nSPS) is 18.5. The first-order chi connectivity index (χ1) is 14.8. The van der Waals surface area contributed by atoms with E-state index in [0.29, 0.717) is 12.1 Å². The third-order valence-electron chi connectivity index (χ3n) is 6.59. The fraction of sp³-hybridized carbons (Fsp3) is 0.571. The second-order valence-electron chi connectivity index (χ2n) is 9.10. The van der Waals surface area contributed by atoms with Crippen LogP contribution >= 0.6 is 12.4 Å². The van der Waals surface area contributed by atoms with E-state index in [1.54, 1.807) is 0 Å². The Morgan fingerprint density at radius 3 is 1.32 bits per heavy atom. The van der Waals surface area contributed by atoms with Crippen LogP contribution < -0.4 is 10.6 Å². The van der Waals surface area contributed by atoms with E-state index in [9.17, 15) is 0 Å². The molecule has 3 heteroatoms. The van der Waals surface area contributed by atoms with Gasteiger partial charge in [0.25, 0.3) is 0 Å². The van der Waals surface area contributed by atoms with E-state index in [-0.39, 0.29) is 12.4 Å². The number of rotatable bonds is 12. The molecule has 0 bridgehead atoms. The lowest BCUT2D eigenvalue weighted by molar-refractivity contribution is 0.281. The van der Waals surface area contributed by atoms with Crippen LogP contribution in [0, 0.1) is 0 Å². The van der Waals surface area contributed by atoms with Crippen LogP contribution in [-0.4, -0.2) is 12.1 Å². The monoisotopic (exact) mass is 442 g/mol. The molecule has 0 saturated heterocycles. The van der Waals surface area contributed by atoms with Gasteiger partial charge in [0.05, 0.1) is 0 Å². The zero-order valence-electron chi connectivity index (χ0n) is 19.7. The van der Waals surface area contributed by atoms with Crippen molar-refractivity contribution in [1.82, 2.24) is 10.6 Å². The van der Waals surface area contributed by atoms with Crippen LogP contribution in [0.25, 0.3) is 0 Å². The number of benzene rings is 2. The van der Waals surface area contributed by atoms with Gasteiger partial charge in [-0.2, -0.15) is 0 Å². The van der Waals surface area contributed by atoms with Crippen molar-refractivity contribution in [3.05, 3.63) is 70.8 Å². The third kappa shape index (κ3) is 8.96. The van der Waals surface area contributed by atoms with Crippen LogP contribution in [0.5, 0.6) is 0 Å². The highest BCUT2D eigenvalue weighted by atomic mass is 35.5.